The molecule has 0 unspecified atom stereocenters. The monoisotopic (exact) mass is 278 g/mol. The molecule has 0 radical (unpaired) electrons. The molecule has 0 atom stereocenters. The minimum atomic E-state index is -0.721. The Kier molecular flexibility index (Phi) is 3.52. The molecule has 19 heavy (non-hydrogen) atoms. The Morgan fingerprint density at radius 2 is 2.26 bits per heavy atom. The van der Waals surface area contributed by atoms with Crippen LogP contribution in [0.2, 0.25) is 5.02 Å². The van der Waals surface area contributed by atoms with E-state index in [2.05, 4.69) is 10.4 Å². The standard InChI is InChI=1S/C12H11ClN4O2/c1-7-2-3-8(4-9(7)13)17-5-10(15-6-18)11(16-17)12(14)19/h2-6H,1H3,(H2,14,19)(H,15,18). The van der Waals surface area contributed by atoms with Gasteiger partial charge in [-0.2, -0.15) is 5.10 Å². The highest BCUT2D eigenvalue weighted by Gasteiger charge is 2.14. The van der Waals surface area contributed by atoms with Gasteiger partial charge in [0, 0.05) is 5.02 Å². The van der Waals surface area contributed by atoms with Crippen molar-refractivity contribution in [2.45, 2.75) is 6.92 Å². The van der Waals surface area contributed by atoms with Crippen LogP contribution in [0.1, 0.15) is 16.1 Å². The molecule has 1 aromatic heterocycles. The van der Waals surface area contributed by atoms with Gasteiger partial charge in [0.25, 0.3) is 5.91 Å². The zero-order valence-electron chi connectivity index (χ0n) is 10.1. The van der Waals surface area contributed by atoms with Crippen molar-refractivity contribution in [3.05, 3.63) is 40.7 Å². The third-order valence-corrected chi connectivity index (χ3v) is 2.99. The zero-order chi connectivity index (χ0) is 14.0. The molecular formula is C12H11ClN4O2. The van der Waals surface area contributed by atoms with Crippen LogP contribution in [0.4, 0.5) is 5.69 Å². The number of nitrogens with two attached hydrogens (primary N) is 1. The second kappa shape index (κ2) is 5.11. The molecule has 98 valence electrons. The molecule has 0 aliphatic rings. The number of rotatable bonds is 4. The maximum absolute atomic E-state index is 11.2. The summed E-state index contributed by atoms with van der Waals surface area (Å²) >= 11 is 6.03. The number of carbonyl (C=O) groups excluding carboxylic acids is 2. The molecule has 2 rings (SSSR count). The fraction of sp³-hybridized carbons (Fsp3) is 0.0833. The van der Waals surface area contributed by atoms with Crippen LogP contribution in [0.3, 0.4) is 0 Å². The van der Waals surface area contributed by atoms with Crippen LogP contribution in [-0.2, 0) is 4.79 Å². The maximum Gasteiger partial charge on any atom is 0.271 e. The Morgan fingerprint density at radius 3 is 2.84 bits per heavy atom. The number of benzene rings is 1. The van der Waals surface area contributed by atoms with E-state index in [9.17, 15) is 9.59 Å². The van der Waals surface area contributed by atoms with E-state index in [1.54, 1.807) is 12.1 Å². The van der Waals surface area contributed by atoms with Crippen LogP contribution in [0.5, 0.6) is 0 Å². The quantitative estimate of drug-likeness (QED) is 0.831. The molecule has 0 aliphatic carbocycles. The zero-order valence-corrected chi connectivity index (χ0v) is 10.8. The van der Waals surface area contributed by atoms with Gasteiger partial charge in [-0.3, -0.25) is 9.59 Å². The number of carbonyl (C=O) groups is 2. The minimum Gasteiger partial charge on any atom is -0.364 e. The average molecular weight is 279 g/mol. The number of anilines is 1. The Morgan fingerprint density at radius 1 is 1.53 bits per heavy atom. The highest BCUT2D eigenvalue weighted by molar-refractivity contribution is 6.31. The van der Waals surface area contributed by atoms with Gasteiger partial charge in [0.1, 0.15) is 0 Å². The summed E-state index contributed by atoms with van der Waals surface area (Å²) in [5.41, 5.74) is 7.03. The van der Waals surface area contributed by atoms with E-state index in [4.69, 9.17) is 17.3 Å². The number of hydrogen-bond donors (Lipinski definition) is 2. The number of primary amides is 1. The van der Waals surface area contributed by atoms with E-state index in [0.717, 1.165) is 5.56 Å². The van der Waals surface area contributed by atoms with E-state index in [-0.39, 0.29) is 11.4 Å². The van der Waals surface area contributed by atoms with Crippen LogP contribution < -0.4 is 11.1 Å². The molecular weight excluding hydrogens is 268 g/mol. The second-order valence-electron chi connectivity index (χ2n) is 3.90. The van der Waals surface area contributed by atoms with Gasteiger partial charge < -0.3 is 11.1 Å². The lowest BCUT2D eigenvalue weighted by atomic mass is 10.2. The van der Waals surface area contributed by atoms with Crippen LogP contribution in [0.25, 0.3) is 5.69 Å². The lowest BCUT2D eigenvalue weighted by Crippen LogP contribution is -2.14. The van der Waals surface area contributed by atoms with E-state index >= 15 is 0 Å². The molecule has 0 saturated heterocycles. The van der Waals surface area contributed by atoms with Gasteiger partial charge in [-0.1, -0.05) is 17.7 Å². The molecule has 0 aliphatic heterocycles. The first-order chi connectivity index (χ1) is 9.02. The highest BCUT2D eigenvalue weighted by Crippen LogP contribution is 2.21. The fourth-order valence-electron chi connectivity index (χ4n) is 1.58. The number of aryl methyl sites for hydroxylation is 1. The second-order valence-corrected chi connectivity index (χ2v) is 4.30. The summed E-state index contributed by atoms with van der Waals surface area (Å²) in [7, 11) is 0. The minimum absolute atomic E-state index is 0.0104. The molecule has 0 spiro atoms. The molecule has 0 fully saturated rings. The molecule has 3 N–H and O–H groups in total. The number of halogens is 1. The summed E-state index contributed by atoms with van der Waals surface area (Å²) in [5, 5.41) is 6.99. The summed E-state index contributed by atoms with van der Waals surface area (Å²) in [5.74, 6) is -0.721. The third kappa shape index (κ3) is 2.58. The largest absolute Gasteiger partial charge is 0.364 e. The third-order valence-electron chi connectivity index (χ3n) is 2.58. The topological polar surface area (TPSA) is 90.0 Å². The van der Waals surface area contributed by atoms with Crippen molar-refractivity contribution in [3.63, 3.8) is 0 Å². The van der Waals surface area contributed by atoms with Gasteiger partial charge in [-0.05, 0) is 24.6 Å². The predicted octanol–water partition coefficient (Wildman–Crippen LogP) is 1.50. The average Bonchev–Trinajstić information content (AvgIpc) is 2.77. The van der Waals surface area contributed by atoms with Crippen molar-refractivity contribution < 1.29 is 9.59 Å². The molecule has 1 heterocycles. The first kappa shape index (κ1) is 13.1. The fourth-order valence-corrected chi connectivity index (χ4v) is 1.76. The number of amides is 2. The first-order valence-corrected chi connectivity index (χ1v) is 5.77. The van der Waals surface area contributed by atoms with E-state index in [0.29, 0.717) is 17.1 Å². The number of nitrogens with zero attached hydrogens (tertiary/aromatic N) is 2. The van der Waals surface area contributed by atoms with E-state index < -0.39 is 5.91 Å². The van der Waals surface area contributed by atoms with Crippen molar-refractivity contribution in [1.82, 2.24) is 9.78 Å². The lowest BCUT2D eigenvalue weighted by molar-refractivity contribution is -0.105. The van der Waals surface area contributed by atoms with Crippen molar-refractivity contribution >= 4 is 29.6 Å². The summed E-state index contributed by atoms with van der Waals surface area (Å²) < 4.78 is 1.43. The Labute approximate surface area is 114 Å². The van der Waals surface area contributed by atoms with Crippen molar-refractivity contribution in [3.8, 4) is 5.69 Å². The van der Waals surface area contributed by atoms with Crippen LogP contribution in [0.15, 0.2) is 24.4 Å². The van der Waals surface area contributed by atoms with Gasteiger partial charge in [-0.25, -0.2) is 4.68 Å². The molecule has 2 aromatic rings. The summed E-state index contributed by atoms with van der Waals surface area (Å²) in [4.78, 5) is 21.7. The highest BCUT2D eigenvalue weighted by atomic mass is 35.5. The van der Waals surface area contributed by atoms with E-state index in [1.807, 2.05) is 13.0 Å². The maximum atomic E-state index is 11.2. The summed E-state index contributed by atoms with van der Waals surface area (Å²) in [6.07, 6.45) is 1.95. The Balaban J connectivity index is 2.50. The van der Waals surface area contributed by atoms with Crippen LogP contribution in [0, 0.1) is 6.92 Å². The predicted molar refractivity (Wildman–Crippen MR) is 71.5 cm³/mol. The lowest BCUT2D eigenvalue weighted by Gasteiger charge is -2.03. The van der Waals surface area contributed by atoms with Crippen molar-refractivity contribution in [2.75, 3.05) is 5.32 Å². The smallest absolute Gasteiger partial charge is 0.271 e. The number of aromatic nitrogens is 2. The summed E-state index contributed by atoms with van der Waals surface area (Å²) in [6, 6.07) is 5.33. The normalized spacial score (nSPS) is 10.2. The Bertz CT molecular complexity index is 651. The molecule has 1 aromatic carbocycles. The van der Waals surface area contributed by atoms with Crippen LogP contribution in [-0.4, -0.2) is 22.1 Å². The first-order valence-electron chi connectivity index (χ1n) is 5.39. The molecule has 2 amide bonds. The van der Waals surface area contributed by atoms with Crippen LogP contribution >= 0.6 is 11.6 Å². The van der Waals surface area contributed by atoms with Gasteiger partial charge in [0.15, 0.2) is 5.69 Å². The van der Waals surface area contributed by atoms with Gasteiger partial charge in [0.2, 0.25) is 6.41 Å². The number of hydrogen-bond acceptors (Lipinski definition) is 3. The van der Waals surface area contributed by atoms with Crippen molar-refractivity contribution in [1.29, 1.82) is 0 Å². The Hall–Kier alpha value is -2.34. The summed E-state index contributed by atoms with van der Waals surface area (Å²) in [6.45, 7) is 1.88. The molecule has 0 bridgehead atoms. The molecule has 7 heteroatoms. The number of nitrogens with one attached hydrogen (secondary N) is 1. The van der Waals surface area contributed by atoms with Gasteiger partial charge in [0.05, 0.1) is 17.6 Å². The van der Waals surface area contributed by atoms with Crippen molar-refractivity contribution in [2.24, 2.45) is 5.73 Å². The van der Waals surface area contributed by atoms with Gasteiger partial charge in [-0.15, -0.1) is 0 Å². The SMILES string of the molecule is Cc1ccc(-n2cc(NC=O)c(C(N)=O)n2)cc1Cl. The van der Waals surface area contributed by atoms with Gasteiger partial charge >= 0.3 is 0 Å². The molecule has 6 nitrogen and oxygen atoms in total. The molecule has 0 saturated carbocycles. The van der Waals surface area contributed by atoms with E-state index in [1.165, 1.54) is 10.9 Å².